The van der Waals surface area contributed by atoms with Gasteiger partial charge in [-0.15, -0.1) is 0 Å². The maximum atomic E-state index is 15.3. The number of amides is 1. The fraction of sp³-hybridized carbons (Fsp3) is 0.185. The number of nitrogens with zero attached hydrogens (tertiary/aromatic N) is 5. The van der Waals surface area contributed by atoms with Crippen LogP contribution in [-0.2, 0) is 4.79 Å². The molecule has 0 atom stereocenters. The van der Waals surface area contributed by atoms with Crippen LogP contribution in [0.3, 0.4) is 0 Å². The summed E-state index contributed by atoms with van der Waals surface area (Å²) >= 11 is 0. The van der Waals surface area contributed by atoms with E-state index >= 15 is 8.78 Å². The molecule has 0 bridgehead atoms. The highest BCUT2D eigenvalue weighted by Crippen LogP contribution is 2.27. The lowest BCUT2D eigenvalue weighted by atomic mass is 10.2. The highest BCUT2D eigenvalue weighted by molar-refractivity contribution is 5.99. The maximum absolute atomic E-state index is 15.3. The third-order valence-corrected chi connectivity index (χ3v) is 6.39. The second-order valence-electron chi connectivity index (χ2n) is 8.89. The molecule has 2 aromatic heterocycles. The minimum absolute atomic E-state index is 0.0274. The van der Waals surface area contributed by atoms with Crippen LogP contribution in [0, 0.1) is 11.6 Å². The van der Waals surface area contributed by atoms with E-state index in [0.717, 1.165) is 37.9 Å². The van der Waals surface area contributed by atoms with Gasteiger partial charge in [-0.05, 0) is 43.5 Å². The number of hydrogen-bond acceptors (Lipinski definition) is 7. The average Bonchev–Trinajstić information content (AvgIpc) is 2.92. The number of pyridine rings is 1. The first kappa shape index (κ1) is 25.0. The van der Waals surface area contributed by atoms with E-state index in [1.165, 1.54) is 41.2 Å². The minimum atomic E-state index is -0.730. The Morgan fingerprint density at radius 3 is 2.61 bits per heavy atom. The Balaban J connectivity index is 1.49. The summed E-state index contributed by atoms with van der Waals surface area (Å²) in [6.45, 7) is 6.79. The van der Waals surface area contributed by atoms with Crippen LogP contribution in [0.4, 0.5) is 31.8 Å². The van der Waals surface area contributed by atoms with Gasteiger partial charge < -0.3 is 20.4 Å². The molecule has 5 rings (SSSR count). The molecule has 38 heavy (non-hydrogen) atoms. The molecule has 0 radical (unpaired) electrons. The van der Waals surface area contributed by atoms with E-state index in [1.807, 2.05) is 6.07 Å². The van der Waals surface area contributed by atoms with Gasteiger partial charge in [-0.3, -0.25) is 14.2 Å². The zero-order chi connectivity index (χ0) is 26.8. The lowest BCUT2D eigenvalue weighted by Gasteiger charge is -2.34. The van der Waals surface area contributed by atoms with Gasteiger partial charge in [0.15, 0.2) is 16.9 Å². The molecule has 11 heteroatoms. The van der Waals surface area contributed by atoms with Crippen molar-refractivity contribution >= 4 is 40.0 Å². The van der Waals surface area contributed by atoms with Gasteiger partial charge in [0.1, 0.15) is 5.82 Å². The summed E-state index contributed by atoms with van der Waals surface area (Å²) in [4.78, 5) is 37.1. The summed E-state index contributed by atoms with van der Waals surface area (Å²) in [5.74, 6) is -1.75. The first-order valence-corrected chi connectivity index (χ1v) is 11.9. The molecule has 1 fully saturated rings. The van der Waals surface area contributed by atoms with Gasteiger partial charge in [-0.2, -0.15) is 4.98 Å². The molecule has 0 unspecified atom stereocenters. The molecule has 1 saturated heterocycles. The van der Waals surface area contributed by atoms with Gasteiger partial charge >= 0.3 is 0 Å². The molecular formula is C27H25F2N7O2. The second-order valence-corrected chi connectivity index (χ2v) is 8.89. The molecular weight excluding hydrogens is 492 g/mol. The molecule has 2 aromatic carbocycles. The lowest BCUT2D eigenvalue weighted by molar-refractivity contribution is -0.111. The number of piperazine rings is 1. The number of benzene rings is 2. The lowest BCUT2D eigenvalue weighted by Crippen LogP contribution is -2.44. The van der Waals surface area contributed by atoms with Crippen LogP contribution in [0.1, 0.15) is 0 Å². The van der Waals surface area contributed by atoms with Crippen molar-refractivity contribution in [1.82, 2.24) is 19.4 Å². The van der Waals surface area contributed by atoms with Crippen LogP contribution in [0.2, 0.25) is 0 Å². The maximum Gasteiger partial charge on any atom is 0.247 e. The van der Waals surface area contributed by atoms with Crippen molar-refractivity contribution < 1.29 is 13.6 Å². The fourth-order valence-corrected chi connectivity index (χ4v) is 4.26. The first-order valence-electron chi connectivity index (χ1n) is 11.9. The molecule has 4 aromatic rings. The molecule has 0 spiro atoms. The van der Waals surface area contributed by atoms with Gasteiger partial charge in [0, 0.05) is 50.3 Å². The standard InChI is InChI=1S/C27H25F2N7O2/c1-3-24(38)31-21-5-4-6-22(25(21)29)36-10-9-23(37)18-16-30-27(33-26(18)36)32-20-8-7-17(15-19(20)28)35-13-11-34(2)12-14-35/h3-10,15-16H,1,11-14H2,2H3,(H,31,38)(H,30,32,33). The van der Waals surface area contributed by atoms with Crippen molar-refractivity contribution in [3.8, 4) is 5.69 Å². The molecule has 1 amide bonds. The van der Waals surface area contributed by atoms with Gasteiger partial charge in [0.2, 0.25) is 11.9 Å². The number of nitrogens with one attached hydrogen (secondary N) is 2. The zero-order valence-electron chi connectivity index (χ0n) is 20.6. The second kappa shape index (κ2) is 10.4. The molecule has 0 aliphatic carbocycles. The summed E-state index contributed by atoms with van der Waals surface area (Å²) in [6, 6.07) is 10.6. The Morgan fingerprint density at radius 1 is 1.08 bits per heavy atom. The van der Waals surface area contributed by atoms with E-state index in [-0.39, 0.29) is 39.5 Å². The fourth-order valence-electron chi connectivity index (χ4n) is 4.26. The number of aromatic nitrogens is 3. The quantitative estimate of drug-likeness (QED) is 0.377. The Labute approximate surface area is 217 Å². The summed E-state index contributed by atoms with van der Waals surface area (Å²) < 4.78 is 31.7. The van der Waals surface area contributed by atoms with Gasteiger partial charge in [0.25, 0.3) is 0 Å². The predicted octanol–water partition coefficient (Wildman–Crippen LogP) is 3.68. The van der Waals surface area contributed by atoms with Crippen LogP contribution in [0.25, 0.3) is 16.7 Å². The van der Waals surface area contributed by atoms with E-state index in [1.54, 1.807) is 12.1 Å². The molecule has 0 saturated carbocycles. The summed E-state index contributed by atoms with van der Waals surface area (Å²) in [5.41, 5.74) is 0.677. The van der Waals surface area contributed by atoms with Gasteiger partial charge in [-0.1, -0.05) is 12.6 Å². The Bertz CT molecular complexity index is 1600. The number of carbonyl (C=O) groups is 1. The molecule has 194 valence electrons. The molecule has 2 N–H and O–H groups in total. The normalized spacial score (nSPS) is 13.9. The summed E-state index contributed by atoms with van der Waals surface area (Å²) in [7, 11) is 2.06. The topological polar surface area (TPSA) is 95.4 Å². The van der Waals surface area contributed by atoms with Crippen LogP contribution in [0.5, 0.6) is 0 Å². The third kappa shape index (κ3) is 4.96. The molecule has 1 aliphatic heterocycles. The number of likely N-dealkylation sites (N-methyl/N-ethyl adjacent to an activating group) is 1. The molecule has 9 nitrogen and oxygen atoms in total. The van der Waals surface area contributed by atoms with E-state index in [4.69, 9.17) is 0 Å². The number of hydrogen-bond donors (Lipinski definition) is 2. The predicted molar refractivity (Wildman–Crippen MR) is 143 cm³/mol. The van der Waals surface area contributed by atoms with E-state index in [9.17, 15) is 9.59 Å². The van der Waals surface area contributed by atoms with Crippen molar-refractivity contribution in [3.63, 3.8) is 0 Å². The van der Waals surface area contributed by atoms with Gasteiger partial charge in [-0.25, -0.2) is 13.8 Å². The molecule has 1 aliphatic rings. The number of rotatable bonds is 6. The van der Waals surface area contributed by atoms with E-state index in [2.05, 4.69) is 44.0 Å². The number of anilines is 4. The molecule has 3 heterocycles. The first-order chi connectivity index (χ1) is 18.3. The highest BCUT2D eigenvalue weighted by Gasteiger charge is 2.18. The smallest absolute Gasteiger partial charge is 0.247 e. The number of fused-ring (bicyclic) bond motifs is 1. The van der Waals surface area contributed by atoms with Crippen LogP contribution >= 0.6 is 0 Å². The summed E-state index contributed by atoms with van der Waals surface area (Å²) in [6.07, 6.45) is 3.72. The Kier molecular flexibility index (Phi) is 6.84. The third-order valence-electron chi connectivity index (χ3n) is 6.39. The number of carbonyl (C=O) groups excluding carboxylic acids is 1. The van der Waals surface area contributed by atoms with Crippen molar-refractivity contribution in [2.24, 2.45) is 0 Å². The SMILES string of the molecule is C=CC(=O)Nc1cccc(-n2ccc(=O)c3cnc(Nc4ccc(N5CCN(C)CC5)cc4F)nc32)c1F. The summed E-state index contributed by atoms with van der Waals surface area (Å²) in [5, 5.41) is 5.41. The Morgan fingerprint density at radius 2 is 1.87 bits per heavy atom. The van der Waals surface area contributed by atoms with Crippen molar-refractivity contribution in [2.75, 3.05) is 48.8 Å². The van der Waals surface area contributed by atoms with Gasteiger partial charge in [0.05, 0.1) is 22.4 Å². The van der Waals surface area contributed by atoms with Crippen LogP contribution in [-0.4, -0.2) is 58.6 Å². The van der Waals surface area contributed by atoms with Crippen molar-refractivity contribution in [1.29, 1.82) is 0 Å². The number of halogens is 2. The van der Waals surface area contributed by atoms with E-state index < -0.39 is 17.5 Å². The van der Waals surface area contributed by atoms with Crippen molar-refractivity contribution in [2.45, 2.75) is 0 Å². The van der Waals surface area contributed by atoms with Crippen LogP contribution < -0.4 is 21.0 Å². The van der Waals surface area contributed by atoms with E-state index in [0.29, 0.717) is 0 Å². The Hall–Kier alpha value is -4.64. The minimum Gasteiger partial charge on any atom is -0.369 e. The average molecular weight is 518 g/mol. The highest BCUT2D eigenvalue weighted by atomic mass is 19.1. The monoisotopic (exact) mass is 517 g/mol. The largest absolute Gasteiger partial charge is 0.369 e. The van der Waals surface area contributed by atoms with Crippen molar-refractivity contribution in [3.05, 3.63) is 89.4 Å². The van der Waals surface area contributed by atoms with Crippen LogP contribution in [0.15, 0.2) is 72.3 Å². The zero-order valence-corrected chi connectivity index (χ0v) is 20.6.